The molecule has 0 fully saturated rings. The van der Waals surface area contributed by atoms with Gasteiger partial charge in [0.2, 0.25) is 0 Å². The summed E-state index contributed by atoms with van der Waals surface area (Å²) < 4.78 is 37.9. The van der Waals surface area contributed by atoms with Crippen molar-refractivity contribution < 1.29 is 13.2 Å². The molecule has 0 saturated heterocycles. The van der Waals surface area contributed by atoms with Crippen molar-refractivity contribution in [3.8, 4) is 11.1 Å². The lowest BCUT2D eigenvalue weighted by atomic mass is 10.0. The summed E-state index contributed by atoms with van der Waals surface area (Å²) in [6.45, 7) is 0. The molecular weight excluding hydrogens is 239 g/mol. The Hall–Kier alpha value is -1.97. The minimum absolute atomic E-state index is 0.557. The van der Waals surface area contributed by atoms with E-state index in [4.69, 9.17) is 0 Å². The fraction of sp³-hybridized carbons (Fsp3) is 0.143. The first-order chi connectivity index (χ1) is 8.50. The SMILES string of the molecule is CNc1cccc(-c2cccc(C(F)(F)F)c2)c1. The van der Waals surface area contributed by atoms with Crippen molar-refractivity contribution in [2.24, 2.45) is 0 Å². The summed E-state index contributed by atoms with van der Waals surface area (Å²) in [6.07, 6.45) is -4.31. The van der Waals surface area contributed by atoms with Crippen molar-refractivity contribution in [1.29, 1.82) is 0 Å². The van der Waals surface area contributed by atoms with Crippen molar-refractivity contribution in [2.75, 3.05) is 12.4 Å². The predicted molar refractivity (Wildman–Crippen MR) is 66.4 cm³/mol. The van der Waals surface area contributed by atoms with Gasteiger partial charge in [0.05, 0.1) is 5.56 Å². The molecule has 0 amide bonds. The van der Waals surface area contributed by atoms with E-state index in [9.17, 15) is 13.2 Å². The monoisotopic (exact) mass is 251 g/mol. The van der Waals surface area contributed by atoms with Crippen molar-refractivity contribution in [1.82, 2.24) is 0 Å². The van der Waals surface area contributed by atoms with Crippen molar-refractivity contribution >= 4 is 5.69 Å². The zero-order chi connectivity index (χ0) is 13.2. The van der Waals surface area contributed by atoms with E-state index in [1.165, 1.54) is 6.07 Å². The Morgan fingerprint density at radius 2 is 1.50 bits per heavy atom. The first kappa shape index (κ1) is 12.5. The third-order valence-corrected chi connectivity index (χ3v) is 2.67. The van der Waals surface area contributed by atoms with Crippen molar-refractivity contribution in [3.05, 3.63) is 54.1 Å². The zero-order valence-electron chi connectivity index (χ0n) is 9.75. The largest absolute Gasteiger partial charge is 0.416 e. The van der Waals surface area contributed by atoms with Crippen LogP contribution in [0.5, 0.6) is 0 Å². The Morgan fingerprint density at radius 1 is 0.889 bits per heavy atom. The highest BCUT2D eigenvalue weighted by Gasteiger charge is 2.30. The third kappa shape index (κ3) is 2.64. The van der Waals surface area contributed by atoms with Crippen LogP contribution in [0.25, 0.3) is 11.1 Å². The number of benzene rings is 2. The molecule has 0 saturated carbocycles. The highest BCUT2D eigenvalue weighted by Crippen LogP contribution is 2.32. The van der Waals surface area contributed by atoms with Crippen LogP contribution in [0, 0.1) is 0 Å². The lowest BCUT2D eigenvalue weighted by molar-refractivity contribution is -0.137. The number of halogens is 3. The molecule has 0 aliphatic heterocycles. The van der Waals surface area contributed by atoms with Gasteiger partial charge in [-0.2, -0.15) is 13.2 Å². The maximum absolute atomic E-state index is 12.6. The molecule has 18 heavy (non-hydrogen) atoms. The number of hydrogen-bond donors (Lipinski definition) is 1. The molecule has 0 spiro atoms. The number of nitrogens with one attached hydrogen (secondary N) is 1. The van der Waals surface area contributed by atoms with Gasteiger partial charge < -0.3 is 5.32 Å². The van der Waals surface area contributed by atoms with Gasteiger partial charge in [-0.15, -0.1) is 0 Å². The van der Waals surface area contributed by atoms with Gasteiger partial charge in [-0.1, -0.05) is 24.3 Å². The molecule has 4 heteroatoms. The normalized spacial score (nSPS) is 11.3. The average Bonchev–Trinajstić information content (AvgIpc) is 2.38. The van der Waals surface area contributed by atoms with Crippen LogP contribution >= 0.6 is 0 Å². The predicted octanol–water partition coefficient (Wildman–Crippen LogP) is 4.41. The second-order valence-corrected chi connectivity index (χ2v) is 3.91. The molecule has 2 aromatic carbocycles. The first-order valence-corrected chi connectivity index (χ1v) is 5.46. The van der Waals surface area contributed by atoms with Gasteiger partial charge in [-0.05, 0) is 35.4 Å². The third-order valence-electron chi connectivity index (χ3n) is 2.67. The maximum Gasteiger partial charge on any atom is 0.416 e. The smallest absolute Gasteiger partial charge is 0.388 e. The van der Waals surface area contributed by atoms with Gasteiger partial charge in [0.1, 0.15) is 0 Å². The fourth-order valence-corrected chi connectivity index (χ4v) is 1.73. The van der Waals surface area contributed by atoms with Crippen molar-refractivity contribution in [3.63, 3.8) is 0 Å². The minimum Gasteiger partial charge on any atom is -0.388 e. The second-order valence-electron chi connectivity index (χ2n) is 3.91. The summed E-state index contributed by atoms with van der Waals surface area (Å²) in [6, 6.07) is 12.6. The quantitative estimate of drug-likeness (QED) is 0.833. The van der Waals surface area contributed by atoms with Gasteiger partial charge in [0, 0.05) is 12.7 Å². The van der Waals surface area contributed by atoms with Crippen LogP contribution < -0.4 is 5.32 Å². The molecule has 0 aromatic heterocycles. The molecule has 2 aromatic rings. The number of anilines is 1. The molecule has 0 aliphatic carbocycles. The van der Waals surface area contributed by atoms with Gasteiger partial charge in [0.15, 0.2) is 0 Å². The van der Waals surface area contributed by atoms with Crippen LogP contribution in [0.15, 0.2) is 48.5 Å². The Bertz CT molecular complexity index is 547. The molecule has 0 radical (unpaired) electrons. The topological polar surface area (TPSA) is 12.0 Å². The van der Waals surface area contributed by atoms with E-state index in [1.54, 1.807) is 25.2 Å². The molecule has 2 rings (SSSR count). The summed E-state index contributed by atoms with van der Waals surface area (Å²) in [5.41, 5.74) is 1.55. The first-order valence-electron chi connectivity index (χ1n) is 5.46. The minimum atomic E-state index is -4.31. The van der Waals surface area contributed by atoms with Gasteiger partial charge >= 0.3 is 6.18 Å². The molecule has 0 heterocycles. The highest BCUT2D eigenvalue weighted by molar-refractivity contribution is 5.68. The second kappa shape index (κ2) is 4.72. The summed E-state index contributed by atoms with van der Waals surface area (Å²) >= 11 is 0. The Labute approximate surface area is 103 Å². The van der Waals surface area contributed by atoms with Crippen LogP contribution in [-0.2, 0) is 6.18 Å². The van der Waals surface area contributed by atoms with E-state index in [2.05, 4.69) is 5.32 Å². The Kier molecular flexibility index (Phi) is 3.28. The fourth-order valence-electron chi connectivity index (χ4n) is 1.73. The Balaban J connectivity index is 2.44. The molecule has 1 N–H and O–H groups in total. The summed E-state index contributed by atoms with van der Waals surface area (Å²) in [7, 11) is 1.77. The molecule has 0 atom stereocenters. The van der Waals surface area contributed by atoms with Crippen molar-refractivity contribution in [2.45, 2.75) is 6.18 Å². The Morgan fingerprint density at radius 3 is 2.11 bits per heavy atom. The van der Waals surface area contributed by atoms with Gasteiger partial charge in [0.25, 0.3) is 0 Å². The molecule has 1 nitrogen and oxygen atoms in total. The summed E-state index contributed by atoms with van der Waals surface area (Å²) in [5.74, 6) is 0. The molecule has 0 bridgehead atoms. The van der Waals surface area contributed by atoms with Crippen LogP contribution in [0.1, 0.15) is 5.56 Å². The lowest BCUT2D eigenvalue weighted by Crippen LogP contribution is -2.04. The summed E-state index contributed by atoms with van der Waals surface area (Å²) in [4.78, 5) is 0. The van der Waals surface area contributed by atoms with Crippen LogP contribution in [0.4, 0.5) is 18.9 Å². The van der Waals surface area contributed by atoms with Crippen LogP contribution in [-0.4, -0.2) is 7.05 Å². The van der Waals surface area contributed by atoms with Gasteiger partial charge in [-0.25, -0.2) is 0 Å². The average molecular weight is 251 g/mol. The molecule has 94 valence electrons. The van der Waals surface area contributed by atoms with E-state index in [1.807, 2.05) is 12.1 Å². The summed E-state index contributed by atoms with van der Waals surface area (Å²) in [5, 5.41) is 2.96. The molecule has 0 unspecified atom stereocenters. The molecule has 0 aliphatic rings. The lowest BCUT2D eigenvalue weighted by Gasteiger charge is -2.09. The maximum atomic E-state index is 12.6. The highest BCUT2D eigenvalue weighted by atomic mass is 19.4. The van der Waals surface area contributed by atoms with Gasteiger partial charge in [-0.3, -0.25) is 0 Å². The van der Waals surface area contributed by atoms with E-state index in [-0.39, 0.29) is 0 Å². The van der Waals surface area contributed by atoms with E-state index in [0.29, 0.717) is 5.56 Å². The van der Waals surface area contributed by atoms with E-state index in [0.717, 1.165) is 23.4 Å². The van der Waals surface area contributed by atoms with E-state index < -0.39 is 11.7 Å². The number of alkyl halides is 3. The van der Waals surface area contributed by atoms with Crippen LogP contribution in [0.3, 0.4) is 0 Å². The number of rotatable bonds is 2. The standard InChI is InChI=1S/C14H12F3N/c1-18-13-7-3-5-11(9-13)10-4-2-6-12(8-10)14(15,16)17/h2-9,18H,1H3. The van der Waals surface area contributed by atoms with E-state index >= 15 is 0 Å². The van der Waals surface area contributed by atoms with Crippen LogP contribution in [0.2, 0.25) is 0 Å². The zero-order valence-corrected chi connectivity index (χ0v) is 9.75. The molecular formula is C14H12F3N. The number of hydrogen-bond acceptors (Lipinski definition) is 1.